The van der Waals surface area contributed by atoms with Crippen LogP contribution in [0.1, 0.15) is 16.1 Å². The normalized spacial score (nSPS) is 16.6. The monoisotopic (exact) mass is 265 g/mol. The standard InChI is InChI=1S/C13H19N3O3/c1-10-11(13(18)19)2-3-12(14-10)16-6-4-15(5-7-16)8-9-17/h2-3,17H,4-9H2,1H3,(H,18,19). The average molecular weight is 265 g/mol. The van der Waals surface area contributed by atoms with Gasteiger partial charge in [-0.15, -0.1) is 0 Å². The third-order valence-electron chi connectivity index (χ3n) is 3.41. The predicted octanol–water partition coefficient (Wildman–Crippen LogP) is 0.203. The quantitative estimate of drug-likeness (QED) is 0.810. The number of rotatable bonds is 4. The number of aromatic nitrogens is 1. The molecule has 0 saturated carbocycles. The van der Waals surface area contributed by atoms with E-state index in [9.17, 15) is 4.79 Å². The Balaban J connectivity index is 2.04. The first kappa shape index (κ1) is 13.8. The molecule has 1 aromatic heterocycles. The molecule has 1 aliphatic heterocycles. The van der Waals surface area contributed by atoms with E-state index in [-0.39, 0.29) is 12.2 Å². The summed E-state index contributed by atoms with van der Waals surface area (Å²) in [5.74, 6) is -0.115. The molecule has 2 N–H and O–H groups in total. The number of piperazine rings is 1. The maximum Gasteiger partial charge on any atom is 0.337 e. The number of carboxylic acids is 1. The summed E-state index contributed by atoms with van der Waals surface area (Å²) in [5, 5.41) is 17.9. The van der Waals surface area contributed by atoms with Crippen molar-refractivity contribution >= 4 is 11.8 Å². The van der Waals surface area contributed by atoms with E-state index in [1.807, 2.05) is 0 Å². The van der Waals surface area contributed by atoms with Crippen molar-refractivity contribution in [1.29, 1.82) is 0 Å². The molecule has 1 fully saturated rings. The van der Waals surface area contributed by atoms with Crippen molar-refractivity contribution < 1.29 is 15.0 Å². The number of aromatic carboxylic acids is 1. The lowest BCUT2D eigenvalue weighted by atomic mass is 10.2. The van der Waals surface area contributed by atoms with Gasteiger partial charge in [0.25, 0.3) is 0 Å². The lowest BCUT2D eigenvalue weighted by molar-refractivity contribution is 0.0695. The van der Waals surface area contributed by atoms with Crippen LogP contribution in [0.2, 0.25) is 0 Å². The van der Waals surface area contributed by atoms with Crippen molar-refractivity contribution in [3.05, 3.63) is 23.4 Å². The van der Waals surface area contributed by atoms with Gasteiger partial charge in [-0.25, -0.2) is 9.78 Å². The Hall–Kier alpha value is -1.66. The first-order valence-electron chi connectivity index (χ1n) is 6.41. The van der Waals surface area contributed by atoms with Crippen LogP contribution >= 0.6 is 0 Å². The summed E-state index contributed by atoms with van der Waals surface area (Å²) in [6.45, 7) is 6.08. The Bertz CT molecular complexity index is 456. The summed E-state index contributed by atoms with van der Waals surface area (Å²) in [4.78, 5) is 19.7. The maximum atomic E-state index is 10.9. The lowest BCUT2D eigenvalue weighted by Crippen LogP contribution is -2.47. The number of hydrogen-bond donors (Lipinski definition) is 2. The van der Waals surface area contributed by atoms with Crippen LogP contribution in [0.25, 0.3) is 0 Å². The molecule has 0 amide bonds. The SMILES string of the molecule is Cc1nc(N2CCN(CCO)CC2)ccc1C(=O)O. The second-order valence-electron chi connectivity index (χ2n) is 4.66. The van der Waals surface area contributed by atoms with E-state index in [0.717, 1.165) is 32.0 Å². The van der Waals surface area contributed by atoms with Crippen LogP contribution in [0.15, 0.2) is 12.1 Å². The molecule has 0 atom stereocenters. The van der Waals surface area contributed by atoms with Gasteiger partial charge in [0.2, 0.25) is 0 Å². The van der Waals surface area contributed by atoms with Crippen LogP contribution in [0.5, 0.6) is 0 Å². The topological polar surface area (TPSA) is 76.9 Å². The van der Waals surface area contributed by atoms with Crippen molar-refractivity contribution in [1.82, 2.24) is 9.88 Å². The minimum atomic E-state index is -0.940. The Morgan fingerprint density at radius 2 is 2.00 bits per heavy atom. The molecule has 0 aliphatic carbocycles. The first-order valence-corrected chi connectivity index (χ1v) is 6.41. The number of aryl methyl sites for hydroxylation is 1. The molecular formula is C13H19N3O3. The van der Waals surface area contributed by atoms with E-state index >= 15 is 0 Å². The number of anilines is 1. The largest absolute Gasteiger partial charge is 0.478 e. The molecule has 1 aromatic rings. The Labute approximate surface area is 112 Å². The van der Waals surface area contributed by atoms with Crippen molar-refractivity contribution in [2.45, 2.75) is 6.92 Å². The minimum absolute atomic E-state index is 0.185. The zero-order valence-electron chi connectivity index (χ0n) is 11.0. The molecule has 0 bridgehead atoms. The number of aliphatic hydroxyl groups is 1. The second-order valence-corrected chi connectivity index (χ2v) is 4.66. The van der Waals surface area contributed by atoms with Gasteiger partial charge in [-0.3, -0.25) is 4.90 Å². The van der Waals surface area contributed by atoms with Crippen molar-refractivity contribution in [2.24, 2.45) is 0 Å². The second kappa shape index (κ2) is 5.99. The fourth-order valence-electron chi connectivity index (χ4n) is 2.29. The molecule has 6 heteroatoms. The van der Waals surface area contributed by atoms with Crippen LogP contribution in [0.4, 0.5) is 5.82 Å². The number of pyridine rings is 1. The molecule has 0 unspecified atom stereocenters. The zero-order valence-corrected chi connectivity index (χ0v) is 11.0. The van der Waals surface area contributed by atoms with Gasteiger partial charge >= 0.3 is 5.97 Å². The van der Waals surface area contributed by atoms with Crippen molar-refractivity contribution in [3.8, 4) is 0 Å². The van der Waals surface area contributed by atoms with Gasteiger partial charge in [0.05, 0.1) is 17.9 Å². The average Bonchev–Trinajstić information content (AvgIpc) is 2.39. The molecule has 19 heavy (non-hydrogen) atoms. The molecule has 0 spiro atoms. The molecule has 1 saturated heterocycles. The number of β-amino-alcohol motifs (C(OH)–C–C–N with tert-alkyl or cyclic N) is 1. The van der Waals surface area contributed by atoms with E-state index in [1.165, 1.54) is 0 Å². The van der Waals surface area contributed by atoms with E-state index < -0.39 is 5.97 Å². The van der Waals surface area contributed by atoms with E-state index in [0.29, 0.717) is 12.2 Å². The summed E-state index contributed by atoms with van der Waals surface area (Å²) in [5.41, 5.74) is 0.797. The molecule has 0 radical (unpaired) electrons. The highest BCUT2D eigenvalue weighted by atomic mass is 16.4. The minimum Gasteiger partial charge on any atom is -0.478 e. The maximum absolute atomic E-state index is 10.9. The molecule has 104 valence electrons. The van der Waals surface area contributed by atoms with Gasteiger partial charge in [0.15, 0.2) is 0 Å². The van der Waals surface area contributed by atoms with Crippen LogP contribution in [-0.2, 0) is 0 Å². The fourth-order valence-corrected chi connectivity index (χ4v) is 2.29. The van der Waals surface area contributed by atoms with Gasteiger partial charge in [-0.1, -0.05) is 0 Å². The highest BCUT2D eigenvalue weighted by molar-refractivity contribution is 5.89. The molecule has 1 aliphatic rings. The molecule has 2 heterocycles. The Morgan fingerprint density at radius 3 is 2.53 bits per heavy atom. The number of hydrogen-bond acceptors (Lipinski definition) is 5. The summed E-state index contributed by atoms with van der Waals surface area (Å²) in [6.07, 6.45) is 0. The predicted molar refractivity (Wildman–Crippen MR) is 71.7 cm³/mol. The van der Waals surface area contributed by atoms with Gasteiger partial charge in [0.1, 0.15) is 5.82 Å². The summed E-state index contributed by atoms with van der Waals surface area (Å²) in [7, 11) is 0. The van der Waals surface area contributed by atoms with Gasteiger partial charge < -0.3 is 15.1 Å². The van der Waals surface area contributed by atoms with E-state index in [2.05, 4.69) is 14.8 Å². The number of carbonyl (C=O) groups is 1. The number of aliphatic hydroxyl groups excluding tert-OH is 1. The molecular weight excluding hydrogens is 246 g/mol. The highest BCUT2D eigenvalue weighted by Gasteiger charge is 2.18. The van der Waals surface area contributed by atoms with E-state index in [4.69, 9.17) is 10.2 Å². The third kappa shape index (κ3) is 3.21. The van der Waals surface area contributed by atoms with Crippen molar-refractivity contribution in [2.75, 3.05) is 44.2 Å². The first-order chi connectivity index (χ1) is 9.11. The summed E-state index contributed by atoms with van der Waals surface area (Å²) in [6, 6.07) is 3.37. The lowest BCUT2D eigenvalue weighted by Gasteiger charge is -2.35. The number of carboxylic acid groups (broad SMARTS) is 1. The Kier molecular flexibility index (Phi) is 4.34. The molecule has 6 nitrogen and oxygen atoms in total. The smallest absolute Gasteiger partial charge is 0.337 e. The van der Waals surface area contributed by atoms with Gasteiger partial charge in [0, 0.05) is 32.7 Å². The van der Waals surface area contributed by atoms with Gasteiger partial charge in [-0.05, 0) is 19.1 Å². The summed E-state index contributed by atoms with van der Waals surface area (Å²) < 4.78 is 0. The van der Waals surface area contributed by atoms with Crippen molar-refractivity contribution in [3.63, 3.8) is 0 Å². The molecule has 2 rings (SSSR count). The number of nitrogens with zero attached hydrogens (tertiary/aromatic N) is 3. The van der Waals surface area contributed by atoms with Crippen LogP contribution in [0.3, 0.4) is 0 Å². The van der Waals surface area contributed by atoms with E-state index in [1.54, 1.807) is 19.1 Å². The molecule has 0 aromatic carbocycles. The highest BCUT2D eigenvalue weighted by Crippen LogP contribution is 2.16. The van der Waals surface area contributed by atoms with Crippen LogP contribution in [-0.4, -0.2) is 65.4 Å². The fraction of sp³-hybridized carbons (Fsp3) is 0.538. The van der Waals surface area contributed by atoms with Crippen LogP contribution < -0.4 is 4.90 Å². The third-order valence-corrected chi connectivity index (χ3v) is 3.41. The van der Waals surface area contributed by atoms with Crippen LogP contribution in [0, 0.1) is 6.92 Å². The van der Waals surface area contributed by atoms with Gasteiger partial charge in [-0.2, -0.15) is 0 Å². The zero-order chi connectivity index (χ0) is 13.8. The summed E-state index contributed by atoms with van der Waals surface area (Å²) >= 11 is 0. The Morgan fingerprint density at radius 1 is 1.32 bits per heavy atom.